The predicted molar refractivity (Wildman–Crippen MR) is 142 cm³/mol. The Morgan fingerprint density at radius 3 is 2.47 bits per heavy atom. The van der Waals surface area contributed by atoms with Crippen LogP contribution in [0.15, 0.2) is 41.2 Å². The quantitative estimate of drug-likeness (QED) is 0.207. The number of nitrogens with one attached hydrogen (secondary N) is 3. The maximum absolute atomic E-state index is 13.1. The number of carbonyl (C=O) groups excluding carboxylic acids is 1. The van der Waals surface area contributed by atoms with Crippen molar-refractivity contribution in [2.24, 2.45) is 0 Å². The fraction of sp³-hybridized carbons (Fsp3) is 0.346. The second-order valence-electron chi connectivity index (χ2n) is 8.41. The molecule has 4 rings (SSSR count). The zero-order chi connectivity index (χ0) is 25.7. The zero-order valence-corrected chi connectivity index (χ0v) is 21.4. The molecule has 0 saturated heterocycles. The van der Waals surface area contributed by atoms with Crippen molar-refractivity contribution >= 4 is 40.1 Å². The largest absolute Gasteiger partial charge is 0.497 e. The van der Waals surface area contributed by atoms with Crippen molar-refractivity contribution in [2.45, 2.75) is 32.2 Å². The Kier molecular flexibility index (Phi) is 7.94. The molecule has 1 amide bonds. The number of methoxy groups -OCH3 is 3. The smallest absolute Gasteiger partial charge is 0.278 e. The van der Waals surface area contributed by atoms with Crippen LogP contribution in [0.2, 0.25) is 0 Å². The van der Waals surface area contributed by atoms with Gasteiger partial charge in [-0.2, -0.15) is 0 Å². The van der Waals surface area contributed by atoms with Gasteiger partial charge in [0.2, 0.25) is 5.91 Å². The van der Waals surface area contributed by atoms with Crippen molar-refractivity contribution in [3.8, 4) is 17.2 Å². The summed E-state index contributed by atoms with van der Waals surface area (Å²) in [4.78, 5) is 31.7. The molecule has 3 N–H and O–H groups in total. The van der Waals surface area contributed by atoms with Crippen LogP contribution < -0.4 is 25.1 Å². The van der Waals surface area contributed by atoms with Crippen LogP contribution >= 0.6 is 12.2 Å². The number of aromatic amines is 2. The first-order valence-electron chi connectivity index (χ1n) is 11.7. The number of hydrogen-bond acceptors (Lipinski definition) is 6. The van der Waals surface area contributed by atoms with Crippen LogP contribution in [-0.4, -0.2) is 48.3 Å². The number of nitrogens with zero attached hydrogens (tertiary/aromatic N) is 1. The van der Waals surface area contributed by atoms with Gasteiger partial charge >= 0.3 is 0 Å². The van der Waals surface area contributed by atoms with Crippen molar-refractivity contribution in [1.82, 2.24) is 19.9 Å². The number of H-pyrrole nitrogens is 2. The lowest BCUT2D eigenvalue weighted by atomic mass is 10.1. The van der Waals surface area contributed by atoms with E-state index < -0.39 is 0 Å². The summed E-state index contributed by atoms with van der Waals surface area (Å²) in [5.41, 5.74) is 2.79. The Bertz CT molecular complexity index is 1500. The fourth-order valence-electron chi connectivity index (χ4n) is 4.23. The predicted octanol–water partition coefficient (Wildman–Crippen LogP) is 4.10. The van der Waals surface area contributed by atoms with Crippen LogP contribution in [0.3, 0.4) is 0 Å². The van der Waals surface area contributed by atoms with Crippen molar-refractivity contribution in [3.63, 3.8) is 0 Å². The molecule has 2 heterocycles. The summed E-state index contributed by atoms with van der Waals surface area (Å²) < 4.78 is 17.8. The zero-order valence-electron chi connectivity index (χ0n) is 20.6. The van der Waals surface area contributed by atoms with Crippen molar-refractivity contribution in [2.75, 3.05) is 27.9 Å². The van der Waals surface area contributed by atoms with Gasteiger partial charge in [0, 0.05) is 36.5 Å². The SMILES string of the molecule is COc1ccc(CCNC(=O)CCCCn2c(=S)[nH]c3c([nH]c4ccc(OC)cc43)c2=O)c(OC)c1. The van der Waals surface area contributed by atoms with Crippen molar-refractivity contribution in [3.05, 3.63) is 57.1 Å². The molecular formula is C26H30N4O5S. The second-order valence-corrected chi connectivity index (χ2v) is 8.79. The van der Waals surface area contributed by atoms with Crippen LogP contribution in [0.4, 0.5) is 0 Å². The monoisotopic (exact) mass is 510 g/mol. The molecule has 2 aromatic heterocycles. The lowest BCUT2D eigenvalue weighted by Crippen LogP contribution is -2.26. The number of carbonyl (C=O) groups is 1. The number of ether oxygens (including phenoxy) is 3. The molecule has 2 aromatic carbocycles. The third kappa shape index (κ3) is 5.38. The summed E-state index contributed by atoms with van der Waals surface area (Å²) >= 11 is 5.46. The lowest BCUT2D eigenvalue weighted by Gasteiger charge is -2.11. The first kappa shape index (κ1) is 25.3. The van der Waals surface area contributed by atoms with E-state index in [4.69, 9.17) is 26.4 Å². The molecule has 0 radical (unpaired) electrons. The van der Waals surface area contributed by atoms with E-state index in [1.54, 1.807) is 21.3 Å². The van der Waals surface area contributed by atoms with E-state index in [1.807, 2.05) is 36.4 Å². The molecule has 0 aliphatic heterocycles. The maximum Gasteiger partial charge on any atom is 0.278 e. The topological polar surface area (TPSA) is 110 Å². The van der Waals surface area contributed by atoms with Gasteiger partial charge in [-0.15, -0.1) is 0 Å². The van der Waals surface area contributed by atoms with E-state index in [9.17, 15) is 9.59 Å². The minimum absolute atomic E-state index is 0.0278. The minimum Gasteiger partial charge on any atom is -0.497 e. The van der Waals surface area contributed by atoms with Crippen LogP contribution in [-0.2, 0) is 17.8 Å². The van der Waals surface area contributed by atoms with Gasteiger partial charge in [0.25, 0.3) is 5.56 Å². The Hall–Kier alpha value is -3.79. The summed E-state index contributed by atoms with van der Waals surface area (Å²) in [6, 6.07) is 11.2. The maximum atomic E-state index is 13.1. The number of amides is 1. The Morgan fingerprint density at radius 2 is 1.72 bits per heavy atom. The van der Waals surface area contributed by atoms with E-state index in [0.717, 1.165) is 28.0 Å². The van der Waals surface area contributed by atoms with Crippen LogP contribution in [0.5, 0.6) is 17.2 Å². The molecule has 0 fully saturated rings. The number of fused-ring (bicyclic) bond motifs is 3. The molecular weight excluding hydrogens is 480 g/mol. The summed E-state index contributed by atoms with van der Waals surface area (Å²) in [5.74, 6) is 2.13. The number of aromatic nitrogens is 3. The summed E-state index contributed by atoms with van der Waals surface area (Å²) in [6.07, 6.45) is 2.32. The average molecular weight is 511 g/mol. The highest BCUT2D eigenvalue weighted by molar-refractivity contribution is 7.71. The van der Waals surface area contributed by atoms with E-state index >= 15 is 0 Å². The van der Waals surface area contributed by atoms with Crippen LogP contribution in [0, 0.1) is 4.77 Å². The third-order valence-corrected chi connectivity index (χ3v) is 6.51. The lowest BCUT2D eigenvalue weighted by molar-refractivity contribution is -0.121. The third-order valence-electron chi connectivity index (χ3n) is 6.19. The molecule has 0 saturated carbocycles. The molecule has 190 valence electrons. The van der Waals surface area contributed by atoms with Gasteiger partial charge in [0.1, 0.15) is 22.8 Å². The molecule has 0 spiro atoms. The molecule has 0 aliphatic carbocycles. The van der Waals surface area contributed by atoms with E-state index in [-0.39, 0.29) is 11.5 Å². The molecule has 10 heteroatoms. The molecule has 4 aromatic rings. The van der Waals surface area contributed by atoms with Gasteiger partial charge < -0.3 is 29.5 Å². The Balaban J connectivity index is 1.31. The number of benzene rings is 2. The number of unbranched alkanes of at least 4 members (excludes halogenated alkanes) is 1. The summed E-state index contributed by atoms with van der Waals surface area (Å²) in [5, 5.41) is 3.80. The van der Waals surface area contributed by atoms with Crippen LogP contribution in [0.1, 0.15) is 24.8 Å². The highest BCUT2D eigenvalue weighted by Crippen LogP contribution is 2.26. The highest BCUT2D eigenvalue weighted by Gasteiger charge is 2.13. The molecule has 0 unspecified atom stereocenters. The summed E-state index contributed by atoms with van der Waals surface area (Å²) in [6.45, 7) is 0.938. The average Bonchev–Trinajstić information content (AvgIpc) is 3.26. The molecule has 9 nitrogen and oxygen atoms in total. The van der Waals surface area contributed by atoms with Gasteiger partial charge in [0.05, 0.1) is 26.8 Å². The minimum atomic E-state index is -0.179. The fourth-order valence-corrected chi connectivity index (χ4v) is 4.51. The van der Waals surface area contributed by atoms with Crippen LogP contribution in [0.25, 0.3) is 21.9 Å². The second kappa shape index (κ2) is 11.3. The molecule has 36 heavy (non-hydrogen) atoms. The van der Waals surface area contributed by atoms with E-state index in [2.05, 4.69) is 15.3 Å². The van der Waals surface area contributed by atoms with Gasteiger partial charge in [-0.3, -0.25) is 14.2 Å². The number of rotatable bonds is 11. The first-order chi connectivity index (χ1) is 17.4. The molecule has 0 atom stereocenters. The van der Waals surface area contributed by atoms with Gasteiger partial charge in [-0.25, -0.2) is 0 Å². The van der Waals surface area contributed by atoms with E-state index in [0.29, 0.717) is 60.3 Å². The van der Waals surface area contributed by atoms with Gasteiger partial charge in [-0.1, -0.05) is 6.07 Å². The molecule has 0 aliphatic rings. The Labute approximate surface area is 213 Å². The number of hydrogen-bond donors (Lipinski definition) is 3. The highest BCUT2D eigenvalue weighted by atomic mass is 32.1. The Morgan fingerprint density at radius 1 is 0.972 bits per heavy atom. The van der Waals surface area contributed by atoms with Gasteiger partial charge in [-0.05, 0) is 61.3 Å². The van der Waals surface area contributed by atoms with Gasteiger partial charge in [0.15, 0.2) is 4.77 Å². The van der Waals surface area contributed by atoms with Crippen molar-refractivity contribution in [1.29, 1.82) is 0 Å². The van der Waals surface area contributed by atoms with Crippen molar-refractivity contribution < 1.29 is 19.0 Å². The van der Waals surface area contributed by atoms with E-state index in [1.165, 1.54) is 4.57 Å². The molecule has 0 bridgehead atoms. The normalized spacial score (nSPS) is 11.1. The first-order valence-corrected chi connectivity index (χ1v) is 12.2. The standard InChI is InChI=1S/C26H30N4O5S/c1-33-17-9-10-20-19(14-17)23-24(28-20)25(32)30(26(36)29-23)13-5-4-6-22(31)27-12-11-16-7-8-18(34-2)15-21(16)35-3/h7-10,14-15,28H,4-6,11-13H2,1-3H3,(H,27,31)(H,29,36). The summed E-state index contributed by atoms with van der Waals surface area (Å²) in [7, 11) is 4.82.